The number of rotatable bonds is 6. The molecule has 2 atom stereocenters. The standard InChI is InChI=1S/C17H30O/c1-6-11-18-16(2,3)10-9-13-7-8-14-12-15(13)17(14,4)5/h7,14-15H,6,8-12H2,1-5H3. The van der Waals surface area contributed by atoms with Gasteiger partial charge in [-0.1, -0.05) is 32.4 Å². The van der Waals surface area contributed by atoms with Crippen LogP contribution in [0, 0.1) is 17.3 Å². The largest absolute Gasteiger partial charge is 0.376 e. The summed E-state index contributed by atoms with van der Waals surface area (Å²) in [7, 11) is 0. The van der Waals surface area contributed by atoms with Gasteiger partial charge >= 0.3 is 0 Å². The lowest BCUT2D eigenvalue weighted by Crippen LogP contribution is -2.48. The van der Waals surface area contributed by atoms with Crippen LogP contribution in [0.4, 0.5) is 0 Å². The minimum Gasteiger partial charge on any atom is -0.376 e. The second kappa shape index (κ2) is 5.00. The van der Waals surface area contributed by atoms with Gasteiger partial charge in [0.15, 0.2) is 0 Å². The molecule has 0 saturated heterocycles. The van der Waals surface area contributed by atoms with Gasteiger partial charge in [-0.15, -0.1) is 0 Å². The number of fused-ring (bicyclic) bond motifs is 1. The van der Waals surface area contributed by atoms with Crippen molar-refractivity contribution in [3.63, 3.8) is 0 Å². The molecule has 3 aliphatic rings. The zero-order valence-corrected chi connectivity index (χ0v) is 12.9. The molecular weight excluding hydrogens is 220 g/mol. The number of hydrogen-bond acceptors (Lipinski definition) is 1. The molecule has 2 unspecified atom stereocenters. The zero-order valence-electron chi connectivity index (χ0n) is 12.9. The predicted octanol–water partition coefficient (Wildman–Crippen LogP) is 4.96. The van der Waals surface area contributed by atoms with Crippen LogP contribution in [0.5, 0.6) is 0 Å². The Morgan fingerprint density at radius 1 is 1.39 bits per heavy atom. The van der Waals surface area contributed by atoms with Crippen molar-refractivity contribution in [1.29, 1.82) is 0 Å². The monoisotopic (exact) mass is 250 g/mol. The van der Waals surface area contributed by atoms with E-state index in [-0.39, 0.29) is 5.60 Å². The van der Waals surface area contributed by atoms with E-state index in [0.717, 1.165) is 31.3 Å². The quantitative estimate of drug-likeness (QED) is 0.605. The van der Waals surface area contributed by atoms with E-state index < -0.39 is 0 Å². The summed E-state index contributed by atoms with van der Waals surface area (Å²) < 4.78 is 5.94. The average Bonchev–Trinajstić information content (AvgIpc) is 2.34. The second-order valence-electron chi connectivity index (χ2n) is 7.43. The van der Waals surface area contributed by atoms with Crippen LogP contribution in [0.25, 0.3) is 0 Å². The van der Waals surface area contributed by atoms with Gasteiger partial charge < -0.3 is 4.74 Å². The van der Waals surface area contributed by atoms with E-state index in [0.29, 0.717) is 5.41 Å². The van der Waals surface area contributed by atoms with Crippen molar-refractivity contribution in [3.05, 3.63) is 11.6 Å². The van der Waals surface area contributed by atoms with Crippen molar-refractivity contribution in [2.24, 2.45) is 17.3 Å². The van der Waals surface area contributed by atoms with Crippen LogP contribution in [0.15, 0.2) is 11.6 Å². The summed E-state index contributed by atoms with van der Waals surface area (Å²) in [6.45, 7) is 12.5. The molecular formula is C17H30O. The minimum absolute atomic E-state index is 0.0432. The van der Waals surface area contributed by atoms with Gasteiger partial charge in [0.25, 0.3) is 0 Å². The molecule has 3 rings (SSSR count). The third-order valence-electron chi connectivity index (χ3n) is 5.30. The van der Waals surface area contributed by atoms with E-state index in [1.54, 1.807) is 5.57 Å². The molecule has 1 saturated carbocycles. The van der Waals surface area contributed by atoms with Gasteiger partial charge in [0, 0.05) is 6.61 Å². The Bertz CT molecular complexity index is 325. The fraction of sp³-hybridized carbons (Fsp3) is 0.882. The highest BCUT2D eigenvalue weighted by Gasteiger charge is 2.50. The fourth-order valence-electron chi connectivity index (χ4n) is 3.65. The maximum Gasteiger partial charge on any atom is 0.0629 e. The second-order valence-corrected chi connectivity index (χ2v) is 7.43. The molecule has 0 amide bonds. The first-order valence-corrected chi connectivity index (χ1v) is 7.69. The maximum atomic E-state index is 5.94. The Balaban J connectivity index is 1.86. The molecule has 0 N–H and O–H groups in total. The van der Waals surface area contributed by atoms with Crippen molar-refractivity contribution in [1.82, 2.24) is 0 Å². The zero-order chi connectivity index (χ0) is 13.4. The van der Waals surface area contributed by atoms with Gasteiger partial charge in [-0.2, -0.15) is 0 Å². The molecule has 1 heteroatoms. The van der Waals surface area contributed by atoms with E-state index in [1.807, 2.05) is 0 Å². The van der Waals surface area contributed by atoms with Crippen molar-refractivity contribution >= 4 is 0 Å². The highest BCUT2D eigenvalue weighted by Crippen LogP contribution is 2.60. The Labute approximate surface area is 113 Å². The summed E-state index contributed by atoms with van der Waals surface area (Å²) in [5.41, 5.74) is 2.33. The Morgan fingerprint density at radius 2 is 2.11 bits per heavy atom. The van der Waals surface area contributed by atoms with Crippen molar-refractivity contribution in [2.45, 2.75) is 72.3 Å². The molecule has 0 aromatic carbocycles. The molecule has 18 heavy (non-hydrogen) atoms. The maximum absolute atomic E-state index is 5.94. The summed E-state index contributed by atoms with van der Waals surface area (Å²) in [6, 6.07) is 0. The Hall–Kier alpha value is -0.300. The van der Waals surface area contributed by atoms with Crippen LogP contribution < -0.4 is 0 Å². The summed E-state index contributed by atoms with van der Waals surface area (Å²) in [5, 5.41) is 0. The lowest BCUT2D eigenvalue weighted by Gasteiger charge is -2.56. The normalized spacial score (nSPS) is 29.7. The number of hydrogen-bond donors (Lipinski definition) is 0. The third kappa shape index (κ3) is 2.66. The highest BCUT2D eigenvalue weighted by molar-refractivity contribution is 5.23. The molecule has 0 radical (unpaired) electrons. The first kappa shape index (κ1) is 14.1. The summed E-state index contributed by atoms with van der Waals surface area (Å²) >= 11 is 0. The lowest BCUT2D eigenvalue weighted by molar-refractivity contribution is -0.0315. The average molecular weight is 250 g/mol. The van der Waals surface area contributed by atoms with Crippen LogP contribution in [-0.2, 0) is 4.74 Å². The van der Waals surface area contributed by atoms with Crippen LogP contribution in [0.1, 0.15) is 66.7 Å². The summed E-state index contributed by atoms with van der Waals surface area (Å²) in [5.74, 6) is 1.81. The molecule has 3 aliphatic carbocycles. The van der Waals surface area contributed by atoms with E-state index in [4.69, 9.17) is 4.74 Å². The highest BCUT2D eigenvalue weighted by atomic mass is 16.5. The van der Waals surface area contributed by atoms with E-state index in [2.05, 4.69) is 40.7 Å². The van der Waals surface area contributed by atoms with E-state index in [1.165, 1.54) is 19.3 Å². The van der Waals surface area contributed by atoms with Crippen LogP contribution in [0.2, 0.25) is 0 Å². The first-order valence-electron chi connectivity index (χ1n) is 7.69. The van der Waals surface area contributed by atoms with Gasteiger partial charge in [-0.05, 0) is 63.2 Å². The van der Waals surface area contributed by atoms with Gasteiger partial charge in [-0.3, -0.25) is 0 Å². The summed E-state index contributed by atoms with van der Waals surface area (Å²) in [6.07, 6.45) is 8.79. The van der Waals surface area contributed by atoms with Gasteiger partial charge in [0.05, 0.1) is 5.60 Å². The SMILES string of the molecule is CCCOC(C)(C)CCC1=CCC2CC1C2(C)C. The summed E-state index contributed by atoms with van der Waals surface area (Å²) in [4.78, 5) is 0. The molecule has 2 bridgehead atoms. The first-order chi connectivity index (χ1) is 8.37. The molecule has 1 fully saturated rings. The third-order valence-corrected chi connectivity index (χ3v) is 5.30. The van der Waals surface area contributed by atoms with Gasteiger partial charge in [0.2, 0.25) is 0 Å². The molecule has 0 heterocycles. The van der Waals surface area contributed by atoms with Crippen LogP contribution in [-0.4, -0.2) is 12.2 Å². The minimum atomic E-state index is 0.0432. The molecule has 104 valence electrons. The Kier molecular flexibility index (Phi) is 3.92. The van der Waals surface area contributed by atoms with Crippen LogP contribution >= 0.6 is 0 Å². The van der Waals surface area contributed by atoms with Crippen molar-refractivity contribution < 1.29 is 4.74 Å². The van der Waals surface area contributed by atoms with E-state index in [9.17, 15) is 0 Å². The predicted molar refractivity (Wildman–Crippen MR) is 77.6 cm³/mol. The molecule has 0 aliphatic heterocycles. The molecule has 0 spiro atoms. The molecule has 1 nitrogen and oxygen atoms in total. The lowest BCUT2D eigenvalue weighted by atomic mass is 9.48. The topological polar surface area (TPSA) is 9.23 Å². The van der Waals surface area contributed by atoms with E-state index >= 15 is 0 Å². The molecule has 0 aromatic heterocycles. The van der Waals surface area contributed by atoms with Gasteiger partial charge in [0.1, 0.15) is 0 Å². The number of ether oxygens (including phenoxy) is 1. The number of allylic oxidation sites excluding steroid dienone is 2. The van der Waals surface area contributed by atoms with Crippen molar-refractivity contribution in [2.75, 3.05) is 6.61 Å². The molecule has 0 aromatic rings. The van der Waals surface area contributed by atoms with Crippen LogP contribution in [0.3, 0.4) is 0 Å². The van der Waals surface area contributed by atoms with Crippen molar-refractivity contribution in [3.8, 4) is 0 Å². The Morgan fingerprint density at radius 3 is 2.67 bits per heavy atom. The van der Waals surface area contributed by atoms with Gasteiger partial charge in [-0.25, -0.2) is 0 Å². The smallest absolute Gasteiger partial charge is 0.0629 e. The fourth-order valence-corrected chi connectivity index (χ4v) is 3.65.